The van der Waals surface area contributed by atoms with Crippen LogP contribution in [0.1, 0.15) is 38.5 Å². The van der Waals surface area contributed by atoms with Crippen molar-refractivity contribution in [1.29, 1.82) is 10.5 Å². The van der Waals surface area contributed by atoms with Crippen molar-refractivity contribution in [2.24, 2.45) is 11.8 Å². The molecule has 1 saturated carbocycles. The van der Waals surface area contributed by atoms with Gasteiger partial charge in [0, 0.05) is 31.5 Å². The van der Waals surface area contributed by atoms with Gasteiger partial charge in [-0.25, -0.2) is 8.78 Å². The van der Waals surface area contributed by atoms with Crippen LogP contribution in [0.5, 0.6) is 0 Å². The maximum absolute atomic E-state index is 13.7. The molecule has 2 nitrogen and oxygen atoms in total. The zero-order valence-corrected chi connectivity index (χ0v) is 18.6. The van der Waals surface area contributed by atoms with Gasteiger partial charge in [0.05, 0.1) is 0 Å². The molecule has 5 rings (SSSR count). The van der Waals surface area contributed by atoms with Crippen LogP contribution in [0.25, 0.3) is 0 Å². The summed E-state index contributed by atoms with van der Waals surface area (Å²) in [6, 6.07) is 4.34. The van der Waals surface area contributed by atoms with Crippen LogP contribution in [0.4, 0.5) is 8.78 Å². The maximum Gasteiger partial charge on any atom is 0.146 e. The van der Waals surface area contributed by atoms with Crippen LogP contribution >= 0.6 is 47.0 Å². The molecule has 10 unspecified atom stereocenters. The van der Waals surface area contributed by atoms with Gasteiger partial charge >= 0.3 is 0 Å². The van der Waals surface area contributed by atoms with Crippen molar-refractivity contribution in [3.05, 3.63) is 11.1 Å². The molecule has 0 aromatic heterocycles. The topological polar surface area (TPSA) is 47.6 Å². The van der Waals surface area contributed by atoms with Crippen LogP contribution in [0.2, 0.25) is 0 Å². The molecule has 0 N–H and O–H groups in total. The first-order valence-corrected chi connectivity index (χ1v) is 13.8. The third kappa shape index (κ3) is 3.31. The molecule has 0 amide bonds. The average molecular weight is 457 g/mol. The van der Waals surface area contributed by atoms with Gasteiger partial charge in [-0.15, -0.1) is 23.5 Å². The molecule has 4 saturated heterocycles. The lowest BCUT2D eigenvalue weighted by molar-refractivity contribution is 0.436. The molecule has 10 atom stereocenters. The molecule has 150 valence electrons. The van der Waals surface area contributed by atoms with E-state index in [2.05, 4.69) is 12.1 Å². The van der Waals surface area contributed by atoms with Crippen LogP contribution < -0.4 is 0 Å². The van der Waals surface area contributed by atoms with Crippen molar-refractivity contribution >= 4 is 47.0 Å². The number of rotatable bonds is 2. The Morgan fingerprint density at radius 3 is 1.54 bits per heavy atom. The lowest BCUT2D eigenvalue weighted by Gasteiger charge is -2.21. The fraction of sp³-hybridized carbons (Fsp3) is 0.800. The molecular formula is C20H22F2N2S4. The largest absolute Gasteiger partial charge is 0.236 e. The Balaban J connectivity index is 1.40. The first kappa shape index (κ1) is 19.9. The van der Waals surface area contributed by atoms with Gasteiger partial charge in [0.1, 0.15) is 28.7 Å². The van der Waals surface area contributed by atoms with Crippen molar-refractivity contribution in [1.82, 2.24) is 0 Å². The van der Waals surface area contributed by atoms with E-state index in [1.807, 2.05) is 23.5 Å². The lowest BCUT2D eigenvalue weighted by atomic mass is 9.86. The van der Waals surface area contributed by atoms with Gasteiger partial charge in [0.15, 0.2) is 0 Å². The average Bonchev–Trinajstić information content (AvgIpc) is 3.45. The minimum absolute atomic E-state index is 0.289. The Bertz CT molecular complexity index is 702. The van der Waals surface area contributed by atoms with Crippen LogP contribution in [-0.4, -0.2) is 42.5 Å². The number of allylic oxidation sites excluding steroid dienone is 2. The Labute approximate surface area is 182 Å². The van der Waals surface area contributed by atoms with E-state index in [0.717, 1.165) is 31.3 Å². The zero-order chi connectivity index (χ0) is 19.4. The van der Waals surface area contributed by atoms with Crippen molar-refractivity contribution in [3.63, 3.8) is 0 Å². The molecule has 0 aromatic carbocycles. The van der Waals surface area contributed by atoms with Crippen LogP contribution in [0, 0.1) is 34.5 Å². The van der Waals surface area contributed by atoms with Crippen molar-refractivity contribution in [3.8, 4) is 12.1 Å². The van der Waals surface area contributed by atoms with Crippen LogP contribution in [0.3, 0.4) is 0 Å². The fourth-order valence-corrected chi connectivity index (χ4v) is 13.0. The van der Waals surface area contributed by atoms with Gasteiger partial charge in [0.25, 0.3) is 0 Å². The number of hydrogen-bond donors (Lipinski definition) is 0. The normalized spacial score (nSPS) is 49.6. The van der Waals surface area contributed by atoms with Gasteiger partial charge < -0.3 is 0 Å². The van der Waals surface area contributed by atoms with Gasteiger partial charge in [-0.05, 0) is 55.9 Å². The third-order valence-electron chi connectivity index (χ3n) is 6.90. The molecule has 4 heterocycles. The molecule has 0 spiro atoms. The quantitative estimate of drug-likeness (QED) is 0.496. The van der Waals surface area contributed by atoms with Crippen molar-refractivity contribution < 1.29 is 8.78 Å². The first-order chi connectivity index (χ1) is 13.6. The second-order valence-corrected chi connectivity index (χ2v) is 14.0. The van der Waals surface area contributed by atoms with Gasteiger partial charge in [-0.1, -0.05) is 0 Å². The smallest absolute Gasteiger partial charge is 0.146 e. The van der Waals surface area contributed by atoms with Gasteiger partial charge in [0.2, 0.25) is 0 Å². The zero-order valence-electron chi connectivity index (χ0n) is 15.3. The molecule has 28 heavy (non-hydrogen) atoms. The summed E-state index contributed by atoms with van der Waals surface area (Å²) in [5.41, 5.74) is -0.0683. The second-order valence-electron chi connectivity index (χ2n) is 8.34. The predicted molar refractivity (Wildman–Crippen MR) is 116 cm³/mol. The molecule has 4 aliphatic heterocycles. The lowest BCUT2D eigenvalue weighted by Crippen LogP contribution is -2.19. The highest BCUT2D eigenvalue weighted by atomic mass is 32.2. The van der Waals surface area contributed by atoms with Gasteiger partial charge in [-0.2, -0.15) is 34.0 Å². The SMILES string of the molecule is N#CC(C#N)=C1C2CC(C3CCC(F)S3)SC2C2SC(C3CCC(F)S3)CC12. The van der Waals surface area contributed by atoms with Crippen LogP contribution in [0.15, 0.2) is 11.1 Å². The van der Waals surface area contributed by atoms with E-state index in [0.29, 0.717) is 49.9 Å². The Morgan fingerprint density at radius 2 is 1.18 bits per heavy atom. The summed E-state index contributed by atoms with van der Waals surface area (Å²) in [5, 5.41) is 21.6. The third-order valence-corrected chi connectivity index (χ3v) is 13.9. The minimum atomic E-state index is -0.735. The van der Waals surface area contributed by atoms with E-state index in [4.69, 9.17) is 0 Å². The van der Waals surface area contributed by atoms with E-state index in [1.165, 1.54) is 23.5 Å². The predicted octanol–water partition coefficient (Wildman–Crippen LogP) is 5.71. The van der Waals surface area contributed by atoms with E-state index in [-0.39, 0.29) is 11.8 Å². The highest BCUT2D eigenvalue weighted by molar-refractivity contribution is 8.07. The van der Waals surface area contributed by atoms with E-state index < -0.39 is 11.0 Å². The van der Waals surface area contributed by atoms with Crippen molar-refractivity contribution in [2.75, 3.05) is 0 Å². The monoisotopic (exact) mass is 456 g/mol. The van der Waals surface area contributed by atoms with E-state index >= 15 is 0 Å². The molecule has 0 radical (unpaired) electrons. The number of hydrogen-bond acceptors (Lipinski definition) is 6. The summed E-state index contributed by atoms with van der Waals surface area (Å²) in [6.45, 7) is 0. The number of fused-ring (bicyclic) bond motifs is 3. The number of thioether (sulfide) groups is 4. The number of alkyl halides is 2. The molecular weight excluding hydrogens is 434 g/mol. The number of nitriles is 2. The summed E-state index contributed by atoms with van der Waals surface area (Å²) in [5.74, 6) is 0.578. The Kier molecular flexibility index (Phi) is 5.63. The Hall–Kier alpha value is -0.0200. The van der Waals surface area contributed by atoms with E-state index in [1.54, 1.807) is 0 Å². The minimum Gasteiger partial charge on any atom is -0.236 e. The molecule has 5 fully saturated rings. The van der Waals surface area contributed by atoms with E-state index in [9.17, 15) is 19.3 Å². The second kappa shape index (κ2) is 7.91. The highest BCUT2D eigenvalue weighted by Crippen LogP contribution is 2.65. The summed E-state index contributed by atoms with van der Waals surface area (Å²) < 4.78 is 27.4. The summed E-state index contributed by atoms with van der Waals surface area (Å²) >= 11 is 6.97. The maximum atomic E-state index is 13.7. The highest BCUT2D eigenvalue weighted by Gasteiger charge is 2.59. The van der Waals surface area contributed by atoms with Gasteiger partial charge in [-0.3, -0.25) is 0 Å². The molecule has 0 bridgehead atoms. The van der Waals surface area contributed by atoms with Crippen LogP contribution in [-0.2, 0) is 0 Å². The van der Waals surface area contributed by atoms with Crippen molar-refractivity contribution in [2.45, 2.75) is 81.0 Å². The number of nitrogens with zero attached hydrogens (tertiary/aromatic N) is 2. The molecule has 1 aliphatic carbocycles. The summed E-state index contributed by atoms with van der Waals surface area (Å²) in [6.07, 6.45) is 5.13. The standard InChI is InChI=1S/C20H22F2N2S4/c21-16-3-1-12(25-16)14-5-10-18(9(7-23)8-24)11-6-15(13-2-4-17(22)26-13)28-20(11)19(10)27-14/h10-17,19-20H,1-6H2. The number of halogens is 2. The first-order valence-electron chi connectivity index (χ1n) is 10.0. The summed E-state index contributed by atoms with van der Waals surface area (Å²) in [4.78, 5) is 0. The summed E-state index contributed by atoms with van der Waals surface area (Å²) in [7, 11) is 0. The molecule has 5 aliphatic rings. The fourth-order valence-electron chi connectivity index (χ4n) is 5.76. The molecule has 0 aromatic rings. The Morgan fingerprint density at radius 1 is 0.714 bits per heavy atom. The molecule has 8 heteroatoms.